The fourth-order valence-corrected chi connectivity index (χ4v) is 3.95. The second kappa shape index (κ2) is 6.71. The van der Waals surface area contributed by atoms with Gasteiger partial charge in [0, 0.05) is 38.4 Å². The molecule has 0 aromatic carbocycles. The first-order valence-electron chi connectivity index (χ1n) is 7.04. The first kappa shape index (κ1) is 18.1. The molecule has 1 aromatic rings. The van der Waals surface area contributed by atoms with Crippen LogP contribution in [0.2, 0.25) is 0 Å². The highest BCUT2D eigenvalue weighted by Crippen LogP contribution is 2.28. The molecule has 1 atom stereocenters. The van der Waals surface area contributed by atoms with Crippen molar-refractivity contribution in [2.45, 2.75) is 24.0 Å². The second-order valence-electron chi connectivity index (χ2n) is 5.35. The van der Waals surface area contributed by atoms with Crippen LogP contribution in [0.3, 0.4) is 0 Å². The summed E-state index contributed by atoms with van der Waals surface area (Å²) in [5, 5.41) is 8.96. The predicted molar refractivity (Wildman–Crippen MR) is 76.1 cm³/mol. The van der Waals surface area contributed by atoms with Crippen molar-refractivity contribution < 1.29 is 26.7 Å². The van der Waals surface area contributed by atoms with E-state index >= 15 is 0 Å². The van der Waals surface area contributed by atoms with Gasteiger partial charge in [0.2, 0.25) is 10.0 Å². The van der Waals surface area contributed by atoms with E-state index in [9.17, 15) is 21.6 Å². The molecule has 6 nitrogen and oxygen atoms in total. The third kappa shape index (κ3) is 4.00. The van der Waals surface area contributed by atoms with Gasteiger partial charge in [-0.1, -0.05) is 0 Å². The fourth-order valence-electron chi connectivity index (χ4n) is 2.49. The molecule has 0 aliphatic carbocycles. The van der Waals surface area contributed by atoms with Crippen LogP contribution in [0.15, 0.2) is 23.2 Å². The predicted octanol–water partition coefficient (Wildman–Crippen LogP) is 0.788. The topological polar surface area (TPSA) is 73.7 Å². The summed E-state index contributed by atoms with van der Waals surface area (Å²) in [6.07, 6.45) is -3.87. The first-order valence-corrected chi connectivity index (χ1v) is 8.48. The summed E-state index contributed by atoms with van der Waals surface area (Å²) in [7, 11) is -3.88. The Kier molecular flexibility index (Phi) is 5.29. The maximum atomic E-state index is 12.5. The standard InChI is InChI=1S/C13H18F3N3O3S/c1-10-9-19(5-4-18(10)6-7-20)23(21,22)11-2-3-12(17-8-11)13(14,15)16/h2-3,8,10,20H,4-7,9H2,1H3/t10-/m0/s1. The largest absolute Gasteiger partial charge is 0.433 e. The summed E-state index contributed by atoms with van der Waals surface area (Å²) in [6, 6.07) is 1.50. The van der Waals surface area contributed by atoms with Crippen LogP contribution in [0.25, 0.3) is 0 Å². The van der Waals surface area contributed by atoms with Crippen LogP contribution in [0.5, 0.6) is 0 Å². The Bertz CT molecular complexity index is 634. The number of sulfonamides is 1. The Hall–Kier alpha value is -1.23. The van der Waals surface area contributed by atoms with E-state index < -0.39 is 21.9 Å². The number of nitrogens with zero attached hydrogens (tertiary/aromatic N) is 3. The van der Waals surface area contributed by atoms with Crippen LogP contribution < -0.4 is 0 Å². The van der Waals surface area contributed by atoms with E-state index in [-0.39, 0.29) is 30.6 Å². The summed E-state index contributed by atoms with van der Waals surface area (Å²) in [5.41, 5.74) is -1.13. The third-order valence-electron chi connectivity index (χ3n) is 3.78. The number of aliphatic hydroxyl groups is 1. The van der Waals surface area contributed by atoms with Crippen molar-refractivity contribution >= 4 is 10.0 Å². The molecule has 0 saturated carbocycles. The number of β-amino-alcohol motifs (C(OH)–C–C–N with tert-alkyl or cyclic N) is 1. The van der Waals surface area contributed by atoms with Gasteiger partial charge in [0.25, 0.3) is 0 Å². The molecule has 0 amide bonds. The number of aromatic nitrogens is 1. The number of halogens is 3. The number of piperazine rings is 1. The van der Waals surface area contributed by atoms with Crippen molar-refractivity contribution in [3.63, 3.8) is 0 Å². The molecule has 1 fully saturated rings. The molecule has 0 radical (unpaired) electrons. The van der Waals surface area contributed by atoms with E-state index in [1.54, 1.807) is 0 Å². The Morgan fingerprint density at radius 2 is 2.04 bits per heavy atom. The van der Waals surface area contributed by atoms with Gasteiger partial charge in [0.15, 0.2) is 0 Å². The van der Waals surface area contributed by atoms with Crippen molar-refractivity contribution in [3.05, 3.63) is 24.0 Å². The number of hydrogen-bond acceptors (Lipinski definition) is 5. The molecule has 130 valence electrons. The monoisotopic (exact) mass is 353 g/mol. The van der Waals surface area contributed by atoms with E-state index in [4.69, 9.17) is 5.11 Å². The van der Waals surface area contributed by atoms with Crippen molar-refractivity contribution in [1.82, 2.24) is 14.2 Å². The van der Waals surface area contributed by atoms with E-state index in [1.165, 1.54) is 4.31 Å². The van der Waals surface area contributed by atoms with Gasteiger partial charge in [0.1, 0.15) is 10.6 Å². The molecule has 1 saturated heterocycles. The van der Waals surface area contributed by atoms with Gasteiger partial charge in [-0.25, -0.2) is 8.42 Å². The summed E-state index contributed by atoms with van der Waals surface area (Å²) in [4.78, 5) is 4.90. The smallest absolute Gasteiger partial charge is 0.395 e. The van der Waals surface area contributed by atoms with Gasteiger partial charge in [-0.2, -0.15) is 17.5 Å². The molecule has 0 spiro atoms. The lowest BCUT2D eigenvalue weighted by molar-refractivity contribution is -0.141. The number of aliphatic hydroxyl groups excluding tert-OH is 1. The molecule has 2 rings (SSSR count). The summed E-state index contributed by atoms with van der Waals surface area (Å²) >= 11 is 0. The quantitative estimate of drug-likeness (QED) is 0.866. The molecular formula is C13H18F3N3O3S. The molecule has 10 heteroatoms. The molecule has 1 aliphatic heterocycles. The van der Waals surface area contributed by atoms with Gasteiger partial charge >= 0.3 is 6.18 Å². The highest BCUT2D eigenvalue weighted by Gasteiger charge is 2.35. The van der Waals surface area contributed by atoms with Gasteiger partial charge in [-0.15, -0.1) is 0 Å². The number of hydrogen-bond donors (Lipinski definition) is 1. The number of alkyl halides is 3. The summed E-state index contributed by atoms with van der Waals surface area (Å²) in [5.74, 6) is 0. The Morgan fingerprint density at radius 3 is 2.52 bits per heavy atom. The second-order valence-corrected chi connectivity index (χ2v) is 7.29. The summed E-state index contributed by atoms with van der Waals surface area (Å²) < 4.78 is 63.7. The number of rotatable bonds is 4. The minimum absolute atomic E-state index is 0.0140. The van der Waals surface area contributed by atoms with Gasteiger partial charge in [0.05, 0.1) is 6.61 Å². The average molecular weight is 353 g/mol. The van der Waals surface area contributed by atoms with E-state index in [0.29, 0.717) is 19.2 Å². The lowest BCUT2D eigenvalue weighted by atomic mass is 10.2. The zero-order chi connectivity index (χ0) is 17.3. The highest BCUT2D eigenvalue weighted by molar-refractivity contribution is 7.89. The number of pyridine rings is 1. The van der Waals surface area contributed by atoms with Crippen molar-refractivity contribution in [3.8, 4) is 0 Å². The van der Waals surface area contributed by atoms with Crippen LogP contribution in [-0.2, 0) is 16.2 Å². The summed E-state index contributed by atoms with van der Waals surface area (Å²) in [6.45, 7) is 3.16. The lowest BCUT2D eigenvalue weighted by Gasteiger charge is -2.38. The highest BCUT2D eigenvalue weighted by atomic mass is 32.2. The minimum atomic E-state index is -4.60. The molecule has 0 bridgehead atoms. The molecular weight excluding hydrogens is 335 g/mol. The van der Waals surface area contributed by atoms with Crippen molar-refractivity contribution in [1.29, 1.82) is 0 Å². The van der Waals surface area contributed by atoms with Crippen LogP contribution in [0.1, 0.15) is 12.6 Å². The van der Waals surface area contributed by atoms with Crippen LogP contribution in [0.4, 0.5) is 13.2 Å². The van der Waals surface area contributed by atoms with E-state index in [0.717, 1.165) is 12.3 Å². The molecule has 1 aliphatic rings. The molecule has 0 unspecified atom stereocenters. The maximum Gasteiger partial charge on any atom is 0.433 e. The average Bonchev–Trinajstić information content (AvgIpc) is 2.48. The molecule has 2 heterocycles. The van der Waals surface area contributed by atoms with Crippen molar-refractivity contribution in [2.24, 2.45) is 0 Å². The van der Waals surface area contributed by atoms with Gasteiger partial charge in [-0.3, -0.25) is 9.88 Å². The van der Waals surface area contributed by atoms with Crippen LogP contribution >= 0.6 is 0 Å². The molecule has 1 N–H and O–H groups in total. The maximum absolute atomic E-state index is 12.5. The Morgan fingerprint density at radius 1 is 1.35 bits per heavy atom. The molecule has 23 heavy (non-hydrogen) atoms. The zero-order valence-corrected chi connectivity index (χ0v) is 13.3. The van der Waals surface area contributed by atoms with Gasteiger partial charge in [-0.05, 0) is 19.1 Å². The van der Waals surface area contributed by atoms with Crippen LogP contribution in [0, 0.1) is 0 Å². The van der Waals surface area contributed by atoms with E-state index in [1.807, 2.05) is 11.8 Å². The van der Waals surface area contributed by atoms with Gasteiger partial charge < -0.3 is 5.11 Å². The minimum Gasteiger partial charge on any atom is -0.395 e. The Balaban J connectivity index is 2.16. The third-order valence-corrected chi connectivity index (χ3v) is 5.63. The lowest BCUT2D eigenvalue weighted by Crippen LogP contribution is -2.54. The Labute approximate surface area is 132 Å². The SMILES string of the molecule is C[C@H]1CN(S(=O)(=O)c2ccc(C(F)(F)F)nc2)CCN1CCO. The van der Waals surface area contributed by atoms with E-state index in [2.05, 4.69) is 4.98 Å². The van der Waals surface area contributed by atoms with Crippen LogP contribution in [-0.4, -0.2) is 66.5 Å². The van der Waals surface area contributed by atoms with Crippen molar-refractivity contribution in [2.75, 3.05) is 32.8 Å². The first-order chi connectivity index (χ1) is 10.7. The normalized spacial score (nSPS) is 21.5. The molecule has 1 aromatic heterocycles. The zero-order valence-electron chi connectivity index (χ0n) is 12.5. The fraction of sp³-hybridized carbons (Fsp3) is 0.615.